The Labute approximate surface area is 86.6 Å². The molecule has 0 fully saturated rings. The van der Waals surface area contributed by atoms with Crippen molar-refractivity contribution in [2.45, 2.75) is 39.5 Å². The number of unbranched alkanes of at least 4 members (excludes halogenated alkanes) is 2. The van der Waals surface area contributed by atoms with Crippen LogP contribution in [0.4, 0.5) is 0 Å². The topological polar surface area (TPSA) is 26.3 Å². The highest BCUT2D eigenvalue weighted by molar-refractivity contribution is 5.81. The summed E-state index contributed by atoms with van der Waals surface area (Å²) in [5, 5.41) is 0. The Bertz CT molecular complexity index is 192. The van der Waals surface area contributed by atoms with Gasteiger partial charge in [-0.2, -0.15) is 0 Å². The number of rotatable bonds is 7. The lowest BCUT2D eigenvalue weighted by atomic mass is 10.2. The smallest absolute Gasteiger partial charge is 0.330 e. The average Bonchev–Trinajstić information content (AvgIpc) is 2.17. The third kappa shape index (κ3) is 9.04. The molecule has 0 atom stereocenters. The van der Waals surface area contributed by atoms with Crippen molar-refractivity contribution >= 4 is 5.97 Å². The second kappa shape index (κ2) is 10.0. The largest absolute Gasteiger partial charge is 0.463 e. The Kier molecular flexibility index (Phi) is 9.28. The van der Waals surface area contributed by atoms with Crippen molar-refractivity contribution in [2.24, 2.45) is 0 Å². The molecular weight excluding hydrogens is 176 g/mol. The molecule has 0 aliphatic carbocycles. The number of ether oxygens (including phenoxy) is 1. The Morgan fingerprint density at radius 3 is 2.50 bits per heavy atom. The Balaban J connectivity index is 3.35. The summed E-state index contributed by atoms with van der Waals surface area (Å²) in [7, 11) is 0. The molecule has 2 heteroatoms. The molecule has 0 aliphatic rings. The second-order valence-corrected chi connectivity index (χ2v) is 2.96. The minimum absolute atomic E-state index is 0.239. The maximum atomic E-state index is 10.9. The molecule has 0 spiro atoms. The van der Waals surface area contributed by atoms with Crippen LogP contribution in [-0.4, -0.2) is 12.6 Å². The fourth-order valence-corrected chi connectivity index (χ4v) is 1.01. The van der Waals surface area contributed by atoms with Crippen LogP contribution in [0.1, 0.15) is 39.5 Å². The van der Waals surface area contributed by atoms with Gasteiger partial charge in [0.1, 0.15) is 0 Å². The number of esters is 1. The van der Waals surface area contributed by atoms with Crippen LogP contribution in [0.15, 0.2) is 24.3 Å². The van der Waals surface area contributed by atoms with Crippen molar-refractivity contribution in [3.8, 4) is 0 Å². The van der Waals surface area contributed by atoms with Gasteiger partial charge >= 0.3 is 5.97 Å². The van der Waals surface area contributed by atoms with E-state index in [1.165, 1.54) is 6.08 Å². The number of allylic oxidation sites excluding steroid dienone is 3. The molecule has 0 heterocycles. The van der Waals surface area contributed by atoms with E-state index in [9.17, 15) is 4.79 Å². The van der Waals surface area contributed by atoms with E-state index < -0.39 is 0 Å². The van der Waals surface area contributed by atoms with Crippen LogP contribution in [0.5, 0.6) is 0 Å². The molecule has 0 aromatic heterocycles. The fourth-order valence-electron chi connectivity index (χ4n) is 1.01. The quantitative estimate of drug-likeness (QED) is 0.270. The standard InChI is InChI=1S/C12H20O2/c1-3-5-6-7-8-9-10-11-12(13)14-4-2/h5-6,10-11H,3-4,7-9H2,1-2H3/b6-5+,11-10+. The van der Waals surface area contributed by atoms with Crippen LogP contribution in [0.2, 0.25) is 0 Å². The number of hydrogen-bond donors (Lipinski definition) is 0. The van der Waals surface area contributed by atoms with Crippen LogP contribution < -0.4 is 0 Å². The highest BCUT2D eigenvalue weighted by Gasteiger charge is 1.91. The van der Waals surface area contributed by atoms with E-state index in [2.05, 4.69) is 19.1 Å². The van der Waals surface area contributed by atoms with Crippen molar-refractivity contribution in [2.75, 3.05) is 6.61 Å². The van der Waals surface area contributed by atoms with Crippen molar-refractivity contribution < 1.29 is 9.53 Å². The van der Waals surface area contributed by atoms with Crippen molar-refractivity contribution in [3.63, 3.8) is 0 Å². The van der Waals surface area contributed by atoms with Crippen LogP contribution in [-0.2, 0) is 9.53 Å². The molecule has 0 saturated carbocycles. The predicted octanol–water partition coefficient (Wildman–Crippen LogP) is 3.24. The first-order valence-corrected chi connectivity index (χ1v) is 5.29. The first-order valence-electron chi connectivity index (χ1n) is 5.29. The maximum Gasteiger partial charge on any atom is 0.330 e. The highest BCUT2D eigenvalue weighted by atomic mass is 16.5. The molecule has 80 valence electrons. The Hall–Kier alpha value is -1.05. The maximum absolute atomic E-state index is 10.9. The van der Waals surface area contributed by atoms with Gasteiger partial charge in [0.15, 0.2) is 0 Å². The molecule has 14 heavy (non-hydrogen) atoms. The van der Waals surface area contributed by atoms with Gasteiger partial charge in [0.2, 0.25) is 0 Å². The van der Waals surface area contributed by atoms with E-state index in [0.717, 1.165) is 25.7 Å². The first-order chi connectivity index (χ1) is 6.81. The van der Waals surface area contributed by atoms with Gasteiger partial charge in [-0.15, -0.1) is 0 Å². The zero-order valence-electron chi connectivity index (χ0n) is 9.16. The molecule has 0 N–H and O–H groups in total. The van der Waals surface area contributed by atoms with Gasteiger partial charge < -0.3 is 4.74 Å². The third-order valence-electron chi connectivity index (χ3n) is 1.68. The lowest BCUT2D eigenvalue weighted by Gasteiger charge is -1.94. The summed E-state index contributed by atoms with van der Waals surface area (Å²) in [5.41, 5.74) is 0. The van der Waals surface area contributed by atoms with Gasteiger partial charge in [0, 0.05) is 6.08 Å². The molecule has 2 nitrogen and oxygen atoms in total. The number of hydrogen-bond acceptors (Lipinski definition) is 2. The zero-order valence-corrected chi connectivity index (χ0v) is 9.16. The molecule has 0 aromatic carbocycles. The molecular formula is C12H20O2. The van der Waals surface area contributed by atoms with Gasteiger partial charge in [-0.05, 0) is 32.6 Å². The third-order valence-corrected chi connectivity index (χ3v) is 1.68. The van der Waals surface area contributed by atoms with Crippen LogP contribution in [0.25, 0.3) is 0 Å². The van der Waals surface area contributed by atoms with Crippen LogP contribution in [0.3, 0.4) is 0 Å². The van der Waals surface area contributed by atoms with Crippen LogP contribution >= 0.6 is 0 Å². The summed E-state index contributed by atoms with van der Waals surface area (Å²) in [5.74, 6) is -0.239. The second-order valence-electron chi connectivity index (χ2n) is 2.96. The minimum atomic E-state index is -0.239. The molecule has 0 rings (SSSR count). The van der Waals surface area contributed by atoms with Gasteiger partial charge in [-0.3, -0.25) is 0 Å². The van der Waals surface area contributed by atoms with E-state index in [-0.39, 0.29) is 5.97 Å². The van der Waals surface area contributed by atoms with Gasteiger partial charge in [0.25, 0.3) is 0 Å². The highest BCUT2D eigenvalue weighted by Crippen LogP contribution is 1.98. The number of carbonyl (C=O) groups is 1. The van der Waals surface area contributed by atoms with Gasteiger partial charge in [-0.25, -0.2) is 4.79 Å². The SMILES string of the molecule is CC/C=C/CCC/C=C/C(=O)OCC. The van der Waals surface area contributed by atoms with E-state index in [4.69, 9.17) is 4.74 Å². The van der Waals surface area contributed by atoms with Crippen molar-refractivity contribution in [1.82, 2.24) is 0 Å². The fraction of sp³-hybridized carbons (Fsp3) is 0.583. The van der Waals surface area contributed by atoms with Gasteiger partial charge in [-0.1, -0.05) is 25.2 Å². The Morgan fingerprint density at radius 2 is 1.86 bits per heavy atom. The molecule has 0 amide bonds. The molecule has 0 unspecified atom stereocenters. The molecule has 0 aromatic rings. The molecule has 0 saturated heterocycles. The van der Waals surface area contributed by atoms with E-state index in [1.54, 1.807) is 6.92 Å². The molecule has 0 aliphatic heterocycles. The van der Waals surface area contributed by atoms with E-state index >= 15 is 0 Å². The summed E-state index contributed by atoms with van der Waals surface area (Å²) < 4.78 is 4.75. The number of carbonyl (C=O) groups excluding carboxylic acids is 1. The first kappa shape index (κ1) is 12.9. The van der Waals surface area contributed by atoms with Crippen molar-refractivity contribution in [1.29, 1.82) is 0 Å². The van der Waals surface area contributed by atoms with Crippen molar-refractivity contribution in [3.05, 3.63) is 24.3 Å². The summed E-state index contributed by atoms with van der Waals surface area (Å²) in [6.07, 6.45) is 11.9. The lowest BCUT2D eigenvalue weighted by molar-refractivity contribution is -0.137. The van der Waals surface area contributed by atoms with Gasteiger partial charge in [0.05, 0.1) is 6.61 Å². The Morgan fingerprint density at radius 1 is 1.14 bits per heavy atom. The lowest BCUT2D eigenvalue weighted by Crippen LogP contribution is -1.98. The monoisotopic (exact) mass is 196 g/mol. The minimum Gasteiger partial charge on any atom is -0.463 e. The van der Waals surface area contributed by atoms with E-state index in [1.807, 2.05) is 6.08 Å². The summed E-state index contributed by atoms with van der Waals surface area (Å²) in [6, 6.07) is 0. The summed E-state index contributed by atoms with van der Waals surface area (Å²) in [4.78, 5) is 10.9. The predicted molar refractivity (Wildman–Crippen MR) is 59.1 cm³/mol. The van der Waals surface area contributed by atoms with E-state index in [0.29, 0.717) is 6.61 Å². The summed E-state index contributed by atoms with van der Waals surface area (Å²) >= 11 is 0. The average molecular weight is 196 g/mol. The molecule has 0 radical (unpaired) electrons. The van der Waals surface area contributed by atoms with Crippen LogP contribution in [0, 0.1) is 0 Å². The normalized spacial score (nSPS) is 11.3. The molecule has 0 bridgehead atoms. The summed E-state index contributed by atoms with van der Waals surface area (Å²) in [6.45, 7) is 4.38. The zero-order chi connectivity index (χ0) is 10.6.